The van der Waals surface area contributed by atoms with Crippen LogP contribution < -0.4 is 0 Å². The van der Waals surface area contributed by atoms with Gasteiger partial charge in [0.1, 0.15) is 0 Å². The summed E-state index contributed by atoms with van der Waals surface area (Å²) in [7, 11) is 0. The Morgan fingerprint density at radius 2 is 2.07 bits per heavy atom. The van der Waals surface area contributed by atoms with E-state index in [0.717, 1.165) is 16.7 Å². The van der Waals surface area contributed by atoms with Crippen LogP contribution in [0, 0.1) is 6.92 Å². The number of hydrogen-bond acceptors (Lipinski definition) is 2. The van der Waals surface area contributed by atoms with Crippen LogP contribution in [-0.4, -0.2) is 11.1 Å². The highest BCUT2D eigenvalue weighted by molar-refractivity contribution is 7.81. The van der Waals surface area contributed by atoms with Crippen molar-refractivity contribution in [3.8, 4) is 0 Å². The average molecular weight is 224 g/mol. The SMILES string of the molecule is Cc1cccc(CC(=O)O)c1C(C)(C)S. The summed E-state index contributed by atoms with van der Waals surface area (Å²) in [5, 5.41) is 8.82. The van der Waals surface area contributed by atoms with Gasteiger partial charge in [-0.25, -0.2) is 0 Å². The zero-order valence-corrected chi connectivity index (χ0v) is 10.1. The molecule has 1 rings (SSSR count). The fourth-order valence-corrected chi connectivity index (χ4v) is 2.23. The van der Waals surface area contributed by atoms with Crippen LogP contribution in [0.1, 0.15) is 30.5 Å². The number of carbonyl (C=O) groups is 1. The Kier molecular flexibility index (Phi) is 3.45. The van der Waals surface area contributed by atoms with Crippen LogP contribution in [0.25, 0.3) is 0 Å². The molecule has 0 aliphatic rings. The standard InChI is InChI=1S/C12H16O2S/c1-8-5-4-6-9(7-10(13)14)11(8)12(2,3)15/h4-6,15H,7H2,1-3H3,(H,13,14). The Morgan fingerprint density at radius 1 is 1.47 bits per heavy atom. The third kappa shape index (κ3) is 2.99. The quantitative estimate of drug-likeness (QED) is 0.775. The summed E-state index contributed by atoms with van der Waals surface area (Å²) in [5.41, 5.74) is 2.96. The highest BCUT2D eigenvalue weighted by Gasteiger charge is 2.21. The van der Waals surface area contributed by atoms with Crippen molar-refractivity contribution < 1.29 is 9.90 Å². The van der Waals surface area contributed by atoms with E-state index in [1.165, 1.54) is 0 Å². The van der Waals surface area contributed by atoms with Gasteiger partial charge in [-0.15, -0.1) is 0 Å². The number of thiol groups is 1. The van der Waals surface area contributed by atoms with Crippen LogP contribution in [0.2, 0.25) is 0 Å². The minimum absolute atomic E-state index is 0.0566. The van der Waals surface area contributed by atoms with Gasteiger partial charge < -0.3 is 5.11 Å². The van der Waals surface area contributed by atoms with E-state index in [4.69, 9.17) is 5.11 Å². The number of hydrogen-bond donors (Lipinski definition) is 2. The van der Waals surface area contributed by atoms with Crippen LogP contribution in [0.5, 0.6) is 0 Å². The summed E-state index contributed by atoms with van der Waals surface area (Å²) >= 11 is 4.51. The number of carboxylic acids is 1. The molecule has 0 aliphatic heterocycles. The molecule has 0 amide bonds. The smallest absolute Gasteiger partial charge is 0.307 e. The van der Waals surface area contributed by atoms with Crippen molar-refractivity contribution in [2.45, 2.75) is 31.9 Å². The van der Waals surface area contributed by atoms with Crippen molar-refractivity contribution in [1.82, 2.24) is 0 Å². The summed E-state index contributed by atoms with van der Waals surface area (Å²) in [6, 6.07) is 5.73. The molecular weight excluding hydrogens is 208 g/mol. The van der Waals surface area contributed by atoms with Crippen molar-refractivity contribution in [1.29, 1.82) is 0 Å². The van der Waals surface area contributed by atoms with Crippen molar-refractivity contribution in [2.24, 2.45) is 0 Å². The molecule has 0 saturated heterocycles. The zero-order chi connectivity index (χ0) is 11.6. The van der Waals surface area contributed by atoms with Crippen molar-refractivity contribution in [2.75, 3.05) is 0 Å². The first-order valence-electron chi connectivity index (χ1n) is 4.85. The van der Waals surface area contributed by atoms with Gasteiger partial charge in [0.25, 0.3) is 0 Å². The first-order chi connectivity index (χ1) is 6.82. The van der Waals surface area contributed by atoms with Crippen LogP contribution in [0.3, 0.4) is 0 Å². The Balaban J connectivity index is 3.27. The van der Waals surface area contributed by atoms with Gasteiger partial charge in [-0.1, -0.05) is 18.2 Å². The maximum absolute atomic E-state index is 10.7. The Bertz CT molecular complexity index is 378. The lowest BCUT2D eigenvalue weighted by Crippen LogP contribution is -2.15. The fourth-order valence-electron chi connectivity index (χ4n) is 1.91. The molecule has 1 aromatic carbocycles. The van der Waals surface area contributed by atoms with E-state index in [1.54, 1.807) is 0 Å². The predicted octanol–water partition coefficient (Wildman–Crippen LogP) is 2.79. The van der Waals surface area contributed by atoms with E-state index in [2.05, 4.69) is 12.6 Å². The van der Waals surface area contributed by atoms with Gasteiger partial charge in [0, 0.05) is 4.75 Å². The van der Waals surface area contributed by atoms with E-state index in [-0.39, 0.29) is 11.2 Å². The van der Waals surface area contributed by atoms with Gasteiger partial charge in [0.15, 0.2) is 0 Å². The molecule has 0 saturated carbocycles. The molecule has 0 fully saturated rings. The van der Waals surface area contributed by atoms with Crippen LogP contribution >= 0.6 is 12.6 Å². The van der Waals surface area contributed by atoms with Crippen molar-refractivity contribution in [3.63, 3.8) is 0 Å². The third-order valence-corrected chi connectivity index (χ3v) is 2.54. The molecule has 0 spiro atoms. The molecule has 15 heavy (non-hydrogen) atoms. The molecule has 0 unspecified atom stereocenters. The molecule has 1 N–H and O–H groups in total. The molecule has 2 nitrogen and oxygen atoms in total. The summed E-state index contributed by atoms with van der Waals surface area (Å²) in [5.74, 6) is -0.806. The second-order valence-corrected chi connectivity index (χ2v) is 5.36. The predicted molar refractivity (Wildman–Crippen MR) is 64.5 cm³/mol. The monoisotopic (exact) mass is 224 g/mol. The Hall–Kier alpha value is -0.960. The van der Waals surface area contributed by atoms with E-state index in [0.29, 0.717) is 0 Å². The van der Waals surface area contributed by atoms with Gasteiger partial charge in [-0.2, -0.15) is 12.6 Å². The molecule has 3 heteroatoms. The number of aryl methyl sites for hydroxylation is 1. The van der Waals surface area contributed by atoms with Gasteiger partial charge >= 0.3 is 5.97 Å². The molecular formula is C12H16O2S. The highest BCUT2D eigenvalue weighted by atomic mass is 32.1. The normalized spacial score (nSPS) is 11.5. The first-order valence-corrected chi connectivity index (χ1v) is 5.30. The van der Waals surface area contributed by atoms with Crippen molar-refractivity contribution in [3.05, 3.63) is 34.9 Å². The maximum atomic E-state index is 10.7. The third-order valence-electron chi connectivity index (χ3n) is 2.31. The van der Waals surface area contributed by atoms with Crippen molar-refractivity contribution >= 4 is 18.6 Å². The zero-order valence-electron chi connectivity index (χ0n) is 9.24. The summed E-state index contributed by atoms with van der Waals surface area (Å²) in [6.45, 7) is 5.94. The Labute approximate surface area is 95.7 Å². The minimum Gasteiger partial charge on any atom is -0.481 e. The molecule has 0 radical (unpaired) electrons. The topological polar surface area (TPSA) is 37.3 Å². The van der Waals surface area contributed by atoms with Crippen LogP contribution in [0.4, 0.5) is 0 Å². The molecule has 0 atom stereocenters. The largest absolute Gasteiger partial charge is 0.481 e. The molecule has 1 aromatic rings. The van der Waals surface area contributed by atoms with E-state index >= 15 is 0 Å². The molecule has 0 aromatic heterocycles. The molecule has 0 bridgehead atoms. The highest BCUT2D eigenvalue weighted by Crippen LogP contribution is 2.32. The Morgan fingerprint density at radius 3 is 2.53 bits per heavy atom. The van der Waals surface area contributed by atoms with E-state index < -0.39 is 5.97 Å². The summed E-state index contributed by atoms with van der Waals surface area (Å²) < 4.78 is -0.309. The summed E-state index contributed by atoms with van der Waals surface area (Å²) in [6.07, 6.45) is 0.0566. The average Bonchev–Trinajstić information content (AvgIpc) is 1.99. The van der Waals surface area contributed by atoms with Gasteiger partial charge in [-0.3, -0.25) is 4.79 Å². The lowest BCUT2D eigenvalue weighted by atomic mass is 9.90. The second-order valence-electron chi connectivity index (χ2n) is 4.24. The van der Waals surface area contributed by atoms with E-state index in [9.17, 15) is 4.79 Å². The number of aliphatic carboxylic acids is 1. The van der Waals surface area contributed by atoms with E-state index in [1.807, 2.05) is 39.0 Å². The first kappa shape index (κ1) is 12.1. The second kappa shape index (κ2) is 4.27. The molecule has 0 heterocycles. The number of rotatable bonds is 3. The maximum Gasteiger partial charge on any atom is 0.307 e. The molecule has 82 valence electrons. The van der Waals surface area contributed by atoms with Crippen LogP contribution in [-0.2, 0) is 16.0 Å². The number of benzene rings is 1. The van der Waals surface area contributed by atoms with Gasteiger partial charge in [0.05, 0.1) is 6.42 Å². The van der Waals surface area contributed by atoms with Gasteiger partial charge in [0.2, 0.25) is 0 Å². The van der Waals surface area contributed by atoms with Crippen LogP contribution in [0.15, 0.2) is 18.2 Å². The number of carboxylic acid groups (broad SMARTS) is 1. The summed E-state index contributed by atoms with van der Waals surface area (Å²) in [4.78, 5) is 10.7. The lowest BCUT2D eigenvalue weighted by Gasteiger charge is -2.23. The van der Waals surface area contributed by atoms with Gasteiger partial charge in [-0.05, 0) is 37.5 Å². The fraction of sp³-hybridized carbons (Fsp3) is 0.417. The lowest BCUT2D eigenvalue weighted by molar-refractivity contribution is -0.136. The molecule has 0 aliphatic carbocycles. The minimum atomic E-state index is -0.806.